The minimum atomic E-state index is -2.36. The number of nitrogens with one attached hydrogen (secondary N) is 4. The van der Waals surface area contributed by atoms with Crippen LogP contribution in [-0.4, -0.2) is 132 Å². The van der Waals surface area contributed by atoms with Crippen LogP contribution in [-0.2, 0) is 21.0 Å². The van der Waals surface area contributed by atoms with Gasteiger partial charge >= 0.3 is 0 Å². The number of nitrogens with zero attached hydrogens (tertiary/aromatic N) is 2. The zero-order valence-electron chi connectivity index (χ0n) is 32.6. The van der Waals surface area contributed by atoms with E-state index in [1.54, 1.807) is 31.5 Å². The van der Waals surface area contributed by atoms with E-state index in [0.29, 0.717) is 90.5 Å². The SMILES string of the molecule is CNCC[C@]1(CC[C@H]2CNC(=O)C2)Oc2c(cc3c(=O)cc(C)oc3c2[NH+]2C=C3N=CC=C3C2)C[C@H]1OOC[C@H](O)[C@](O)(C[NH+]1CC=C2N=CC=C21)[C@H](O)[C@H](O)CO. The molecule has 0 radical (unpaired) electrons. The van der Waals surface area contributed by atoms with Gasteiger partial charge in [0, 0.05) is 67.6 Å². The summed E-state index contributed by atoms with van der Waals surface area (Å²) >= 11 is 0. The van der Waals surface area contributed by atoms with Crippen LogP contribution in [0.2, 0.25) is 0 Å². The molecule has 0 bridgehead atoms. The monoisotopic (exact) mass is 804 g/mol. The molecule has 2 unspecified atom stereocenters. The Morgan fingerprint density at radius 1 is 1.12 bits per heavy atom. The summed E-state index contributed by atoms with van der Waals surface area (Å²) in [6.45, 7) is 2.02. The van der Waals surface area contributed by atoms with Crippen molar-refractivity contribution >= 4 is 35.0 Å². The molecule has 1 aromatic heterocycles. The first-order chi connectivity index (χ1) is 27.9. The van der Waals surface area contributed by atoms with Gasteiger partial charge in [-0.05, 0) is 51.4 Å². The number of carbonyl (C=O) groups excluding carboxylic acids is 1. The van der Waals surface area contributed by atoms with E-state index in [2.05, 4.69) is 20.6 Å². The van der Waals surface area contributed by atoms with Crippen LogP contribution in [0.3, 0.4) is 0 Å². The molecule has 6 aliphatic rings. The van der Waals surface area contributed by atoms with E-state index in [-0.39, 0.29) is 30.2 Å². The van der Waals surface area contributed by atoms with Crippen LogP contribution in [0, 0.1) is 12.8 Å². The van der Waals surface area contributed by atoms with Crippen molar-refractivity contribution in [3.63, 3.8) is 0 Å². The molecule has 0 saturated carbocycles. The van der Waals surface area contributed by atoms with Crippen LogP contribution >= 0.6 is 0 Å². The number of allylic oxidation sites excluding steroid dienone is 2. The lowest BCUT2D eigenvalue weighted by Gasteiger charge is -2.45. The number of carbonyl (C=O) groups is 1. The Balaban J connectivity index is 1.13. The van der Waals surface area contributed by atoms with Crippen LogP contribution in [0.15, 0.2) is 78.4 Å². The summed E-state index contributed by atoms with van der Waals surface area (Å²) in [6.07, 6.45) is 6.74. The van der Waals surface area contributed by atoms with Crippen molar-refractivity contribution in [2.24, 2.45) is 15.9 Å². The maximum absolute atomic E-state index is 13.5. The number of rotatable bonds is 17. The van der Waals surface area contributed by atoms with Gasteiger partial charge in [-0.3, -0.25) is 29.4 Å². The van der Waals surface area contributed by atoms with Gasteiger partial charge in [-0.15, -0.1) is 0 Å². The van der Waals surface area contributed by atoms with E-state index in [0.717, 1.165) is 27.6 Å². The molecule has 1 fully saturated rings. The van der Waals surface area contributed by atoms with Crippen molar-refractivity contribution in [3.8, 4) is 5.75 Å². The highest BCUT2D eigenvalue weighted by Gasteiger charge is 2.53. The summed E-state index contributed by atoms with van der Waals surface area (Å²) in [4.78, 5) is 48.3. The summed E-state index contributed by atoms with van der Waals surface area (Å²) in [7, 11) is 1.83. The third kappa shape index (κ3) is 7.51. The minimum Gasteiger partial charge on any atom is -0.478 e. The Labute approximate surface area is 334 Å². The highest BCUT2D eigenvalue weighted by Crippen LogP contribution is 2.46. The fourth-order valence-corrected chi connectivity index (χ4v) is 9.05. The zero-order chi connectivity index (χ0) is 40.8. The van der Waals surface area contributed by atoms with Crippen molar-refractivity contribution in [2.75, 3.05) is 53.0 Å². The number of benzene rings is 1. The number of hydrogen-bond acceptors (Lipinski definition) is 14. The Bertz CT molecular complexity index is 2200. The predicted molar refractivity (Wildman–Crippen MR) is 210 cm³/mol. The van der Waals surface area contributed by atoms with Crippen LogP contribution in [0.25, 0.3) is 11.0 Å². The number of aliphatic imine (C=N–C) groups is 2. The molecule has 58 heavy (non-hydrogen) atoms. The van der Waals surface area contributed by atoms with Crippen molar-refractivity contribution in [1.29, 1.82) is 0 Å². The fourth-order valence-electron chi connectivity index (χ4n) is 9.05. The van der Waals surface area contributed by atoms with E-state index in [4.69, 9.17) is 18.9 Å². The molecule has 17 nitrogen and oxygen atoms in total. The third-order valence-corrected chi connectivity index (χ3v) is 12.3. The molecular weight excluding hydrogens is 752 g/mol. The number of aliphatic hydroxyl groups is 5. The van der Waals surface area contributed by atoms with Gasteiger partial charge in [0.2, 0.25) is 17.2 Å². The molecule has 9 N–H and O–H groups in total. The van der Waals surface area contributed by atoms with Crippen molar-refractivity contribution in [2.45, 2.75) is 74.6 Å². The summed E-state index contributed by atoms with van der Waals surface area (Å²) in [5.74, 6) is 1.05. The molecule has 6 aliphatic heterocycles. The molecular formula is C41H52N6O11+2. The molecule has 9 atom stereocenters. The van der Waals surface area contributed by atoms with Gasteiger partial charge in [-0.25, -0.2) is 9.78 Å². The van der Waals surface area contributed by atoms with Crippen LogP contribution in [0.5, 0.6) is 5.75 Å². The Morgan fingerprint density at radius 2 is 1.93 bits per heavy atom. The first-order valence-corrected chi connectivity index (χ1v) is 19.9. The van der Waals surface area contributed by atoms with Crippen LogP contribution < -0.4 is 30.6 Å². The van der Waals surface area contributed by atoms with Crippen LogP contribution in [0.1, 0.15) is 37.0 Å². The number of ether oxygens (including phenoxy) is 1. The zero-order valence-corrected chi connectivity index (χ0v) is 32.6. The number of aliphatic hydroxyl groups excluding tert-OH is 4. The molecule has 310 valence electrons. The number of aryl methyl sites for hydroxylation is 1. The summed E-state index contributed by atoms with van der Waals surface area (Å²) < 4.78 is 13.6. The lowest BCUT2D eigenvalue weighted by atomic mass is 9.79. The standard InChI is InChI=1S/C41H50N6O11/c1-23-13-31(49)27-15-26-16-34(58-55-21-33(51)41(54,39(53)32(50)20-48)22-46-12-6-28-30(46)5-10-43-28)40(8-11-42-2,7-3-24-14-35(52)45-17-24)57-37(26)36(38(27)56-23)47-18-25-4-9-44-29(25)19-47/h4-6,9-10,13,15,19,24,32-34,39,42,48,50-51,53-54H,3,7-8,11-12,14,16-18,20-22H2,1-2H3,(H,45,52)/p+2/t24-,32-,33+,34-,39-,40+,41-/m1/s1. The fraction of sp³-hybridized carbons (Fsp3) is 0.512. The van der Waals surface area contributed by atoms with Gasteiger partial charge in [-0.2, -0.15) is 0 Å². The van der Waals surface area contributed by atoms with Gasteiger partial charge in [0.1, 0.15) is 79.6 Å². The molecule has 2 aromatic rings. The second-order valence-electron chi connectivity index (χ2n) is 16.2. The molecule has 17 heteroatoms. The number of quaternary nitrogens is 2. The van der Waals surface area contributed by atoms with E-state index in [9.17, 15) is 35.1 Å². The lowest BCUT2D eigenvalue weighted by Crippen LogP contribution is -3.11. The normalized spacial score (nSPS) is 28.2. The average Bonchev–Trinajstić information content (AvgIpc) is 4.05. The topological polar surface area (TPSA) is 234 Å². The number of hydrogen-bond donors (Lipinski definition) is 9. The van der Waals surface area contributed by atoms with E-state index < -0.39 is 48.8 Å². The highest BCUT2D eigenvalue weighted by molar-refractivity contribution is 5.90. The molecule has 1 amide bonds. The molecule has 0 spiro atoms. The quantitative estimate of drug-likeness (QED) is 0.0600. The molecule has 1 saturated heterocycles. The molecule has 7 heterocycles. The average molecular weight is 805 g/mol. The molecule has 1 aromatic carbocycles. The summed E-state index contributed by atoms with van der Waals surface area (Å²) in [5.41, 5.74) is 1.48. The van der Waals surface area contributed by atoms with E-state index in [1.807, 2.05) is 25.4 Å². The predicted octanol–water partition coefficient (Wildman–Crippen LogP) is -2.44. The van der Waals surface area contributed by atoms with E-state index in [1.165, 1.54) is 6.07 Å². The maximum Gasteiger partial charge on any atom is 0.222 e. The van der Waals surface area contributed by atoms with Gasteiger partial charge in [-0.1, -0.05) is 0 Å². The van der Waals surface area contributed by atoms with Gasteiger partial charge in [0.15, 0.2) is 22.5 Å². The largest absolute Gasteiger partial charge is 0.478 e. The second-order valence-corrected chi connectivity index (χ2v) is 16.2. The smallest absolute Gasteiger partial charge is 0.222 e. The maximum atomic E-state index is 13.5. The van der Waals surface area contributed by atoms with Gasteiger partial charge in [0.25, 0.3) is 0 Å². The van der Waals surface area contributed by atoms with E-state index >= 15 is 0 Å². The summed E-state index contributed by atoms with van der Waals surface area (Å²) in [6, 6.07) is 3.22. The van der Waals surface area contributed by atoms with Gasteiger partial charge in [0.05, 0.1) is 12.0 Å². The Morgan fingerprint density at radius 3 is 2.69 bits per heavy atom. The van der Waals surface area contributed by atoms with Crippen molar-refractivity contribution < 1.29 is 59.1 Å². The Hall–Kier alpha value is -4.40. The van der Waals surface area contributed by atoms with Crippen molar-refractivity contribution in [1.82, 2.24) is 10.6 Å². The first kappa shape index (κ1) is 40.4. The lowest BCUT2D eigenvalue weighted by molar-refractivity contribution is -0.856. The second kappa shape index (κ2) is 16.3. The number of amides is 1. The third-order valence-electron chi connectivity index (χ3n) is 12.3. The van der Waals surface area contributed by atoms with Gasteiger partial charge < -0.3 is 45.3 Å². The van der Waals surface area contributed by atoms with Crippen molar-refractivity contribution in [3.05, 3.63) is 80.8 Å². The molecule has 8 rings (SSSR count). The minimum absolute atomic E-state index is 0.0119. The Kier molecular flexibility index (Phi) is 11.4. The number of fused-ring (bicyclic) bond motifs is 4. The van der Waals surface area contributed by atoms with Crippen LogP contribution in [0.4, 0.5) is 5.69 Å². The summed E-state index contributed by atoms with van der Waals surface area (Å²) in [5, 5.41) is 61.3. The highest BCUT2D eigenvalue weighted by atomic mass is 17.2. The molecule has 0 aliphatic carbocycles. The first-order valence-electron chi connectivity index (χ1n) is 19.9.